The summed E-state index contributed by atoms with van der Waals surface area (Å²) in [5, 5.41) is 3.98. The highest BCUT2D eigenvalue weighted by atomic mass is 35.5. The van der Waals surface area contributed by atoms with Crippen LogP contribution in [-0.2, 0) is 6.61 Å². The molecule has 1 aliphatic rings. The Labute approximate surface area is 123 Å². The van der Waals surface area contributed by atoms with Crippen LogP contribution in [0.3, 0.4) is 0 Å². The van der Waals surface area contributed by atoms with Crippen LogP contribution in [0.4, 0.5) is 0 Å². The molecule has 0 atom stereocenters. The molecule has 1 aliphatic heterocycles. The third kappa shape index (κ3) is 2.94. The molecule has 0 spiro atoms. The molecular formula is C16H15ClN2O. The molecule has 2 aromatic rings. The highest BCUT2D eigenvalue weighted by Crippen LogP contribution is 2.19. The zero-order valence-electron chi connectivity index (χ0n) is 11.0. The molecule has 1 N–H and O–H groups in total. The van der Waals surface area contributed by atoms with Crippen molar-refractivity contribution in [2.24, 2.45) is 4.99 Å². The lowest BCUT2D eigenvalue weighted by Gasteiger charge is -2.08. The SMILES string of the molecule is Clc1ccccc1COc1ccc(C2=NCCN2)cc1. The van der Waals surface area contributed by atoms with Crippen molar-refractivity contribution in [3.05, 3.63) is 64.7 Å². The molecule has 0 bridgehead atoms. The van der Waals surface area contributed by atoms with Crippen LogP contribution in [0, 0.1) is 0 Å². The molecule has 3 rings (SSSR count). The predicted molar refractivity (Wildman–Crippen MR) is 81.6 cm³/mol. The van der Waals surface area contributed by atoms with Gasteiger partial charge < -0.3 is 10.1 Å². The van der Waals surface area contributed by atoms with E-state index < -0.39 is 0 Å². The predicted octanol–water partition coefficient (Wildman–Crippen LogP) is 3.27. The van der Waals surface area contributed by atoms with Gasteiger partial charge in [-0.05, 0) is 30.3 Å². The van der Waals surface area contributed by atoms with Gasteiger partial charge in [-0.15, -0.1) is 0 Å². The van der Waals surface area contributed by atoms with Gasteiger partial charge in [0.05, 0.1) is 6.54 Å². The van der Waals surface area contributed by atoms with Gasteiger partial charge >= 0.3 is 0 Å². The molecule has 20 heavy (non-hydrogen) atoms. The summed E-state index contributed by atoms with van der Waals surface area (Å²) in [6.07, 6.45) is 0. The van der Waals surface area contributed by atoms with Crippen LogP contribution in [0.25, 0.3) is 0 Å². The number of ether oxygens (including phenoxy) is 1. The average molecular weight is 287 g/mol. The number of nitrogens with one attached hydrogen (secondary N) is 1. The summed E-state index contributed by atoms with van der Waals surface area (Å²) in [6, 6.07) is 15.6. The van der Waals surface area contributed by atoms with Crippen LogP contribution in [-0.4, -0.2) is 18.9 Å². The molecule has 3 nitrogen and oxygen atoms in total. The Morgan fingerprint density at radius 1 is 1.10 bits per heavy atom. The van der Waals surface area contributed by atoms with Gasteiger partial charge in [-0.1, -0.05) is 29.8 Å². The second-order valence-electron chi connectivity index (χ2n) is 4.56. The maximum absolute atomic E-state index is 6.10. The van der Waals surface area contributed by atoms with Crippen LogP contribution in [0.5, 0.6) is 5.75 Å². The van der Waals surface area contributed by atoms with E-state index in [-0.39, 0.29) is 0 Å². The zero-order chi connectivity index (χ0) is 13.8. The summed E-state index contributed by atoms with van der Waals surface area (Å²) in [7, 11) is 0. The summed E-state index contributed by atoms with van der Waals surface area (Å²) < 4.78 is 5.75. The molecule has 102 valence electrons. The van der Waals surface area contributed by atoms with Gasteiger partial charge in [0.15, 0.2) is 0 Å². The zero-order valence-corrected chi connectivity index (χ0v) is 11.7. The number of rotatable bonds is 4. The first-order chi connectivity index (χ1) is 9.83. The summed E-state index contributed by atoms with van der Waals surface area (Å²) in [4.78, 5) is 4.39. The molecule has 0 radical (unpaired) electrons. The van der Waals surface area contributed by atoms with Crippen molar-refractivity contribution < 1.29 is 4.74 Å². The smallest absolute Gasteiger partial charge is 0.128 e. The first-order valence-corrected chi connectivity index (χ1v) is 6.96. The van der Waals surface area contributed by atoms with E-state index in [2.05, 4.69) is 10.3 Å². The minimum Gasteiger partial charge on any atom is -0.489 e. The monoisotopic (exact) mass is 286 g/mol. The normalized spacial score (nSPS) is 13.8. The minimum atomic E-state index is 0.470. The van der Waals surface area contributed by atoms with Crippen molar-refractivity contribution in [3.63, 3.8) is 0 Å². The van der Waals surface area contributed by atoms with Gasteiger partial charge in [0.2, 0.25) is 0 Å². The van der Waals surface area contributed by atoms with Gasteiger partial charge in [0.1, 0.15) is 18.2 Å². The van der Waals surface area contributed by atoms with Gasteiger partial charge in [0, 0.05) is 22.7 Å². The first kappa shape index (κ1) is 13.0. The molecule has 0 saturated heterocycles. The van der Waals surface area contributed by atoms with E-state index in [1.54, 1.807) is 0 Å². The van der Waals surface area contributed by atoms with E-state index >= 15 is 0 Å². The van der Waals surface area contributed by atoms with Crippen molar-refractivity contribution in [1.29, 1.82) is 0 Å². The van der Waals surface area contributed by atoms with Crippen molar-refractivity contribution in [2.45, 2.75) is 6.61 Å². The van der Waals surface area contributed by atoms with Crippen molar-refractivity contribution >= 4 is 17.4 Å². The third-order valence-electron chi connectivity index (χ3n) is 3.15. The standard InChI is InChI=1S/C16H15ClN2O/c17-15-4-2-1-3-13(15)11-20-14-7-5-12(6-8-14)16-18-9-10-19-16/h1-8H,9-11H2,(H,18,19). The number of benzene rings is 2. The Bertz CT molecular complexity index is 623. The Kier molecular flexibility index (Phi) is 3.88. The van der Waals surface area contributed by atoms with E-state index in [0.29, 0.717) is 6.61 Å². The van der Waals surface area contributed by atoms with E-state index in [9.17, 15) is 0 Å². The second-order valence-corrected chi connectivity index (χ2v) is 4.97. The van der Waals surface area contributed by atoms with Crippen LogP contribution < -0.4 is 10.1 Å². The van der Waals surface area contributed by atoms with E-state index in [1.807, 2.05) is 48.5 Å². The molecule has 0 aromatic heterocycles. The van der Waals surface area contributed by atoms with Crippen molar-refractivity contribution in [3.8, 4) is 5.75 Å². The van der Waals surface area contributed by atoms with Crippen molar-refractivity contribution in [2.75, 3.05) is 13.1 Å². The summed E-state index contributed by atoms with van der Waals surface area (Å²) in [6.45, 7) is 2.23. The van der Waals surface area contributed by atoms with Gasteiger partial charge in [0.25, 0.3) is 0 Å². The van der Waals surface area contributed by atoms with Crippen LogP contribution >= 0.6 is 11.6 Å². The summed E-state index contributed by atoms with van der Waals surface area (Å²) in [5.74, 6) is 1.79. The lowest BCUT2D eigenvalue weighted by atomic mass is 10.2. The number of nitrogens with zero attached hydrogens (tertiary/aromatic N) is 1. The van der Waals surface area contributed by atoms with Crippen molar-refractivity contribution in [1.82, 2.24) is 5.32 Å². The maximum Gasteiger partial charge on any atom is 0.128 e. The highest BCUT2D eigenvalue weighted by Gasteiger charge is 2.07. The molecule has 0 saturated carbocycles. The highest BCUT2D eigenvalue weighted by molar-refractivity contribution is 6.31. The molecule has 1 heterocycles. The van der Waals surface area contributed by atoms with Gasteiger partial charge in [-0.2, -0.15) is 0 Å². The fraction of sp³-hybridized carbons (Fsp3) is 0.188. The molecule has 0 aliphatic carbocycles. The summed E-state index contributed by atoms with van der Waals surface area (Å²) in [5.41, 5.74) is 2.08. The van der Waals surface area contributed by atoms with Gasteiger partial charge in [-0.25, -0.2) is 0 Å². The fourth-order valence-corrected chi connectivity index (χ4v) is 2.27. The average Bonchev–Trinajstić information content (AvgIpc) is 3.01. The van der Waals surface area contributed by atoms with E-state index in [1.165, 1.54) is 0 Å². The van der Waals surface area contributed by atoms with Crippen LogP contribution in [0.15, 0.2) is 53.5 Å². The topological polar surface area (TPSA) is 33.6 Å². The van der Waals surface area contributed by atoms with Crippen LogP contribution in [0.2, 0.25) is 5.02 Å². The lowest BCUT2D eigenvalue weighted by molar-refractivity contribution is 0.306. The minimum absolute atomic E-state index is 0.470. The van der Waals surface area contributed by atoms with E-state index in [0.717, 1.165) is 40.8 Å². The molecule has 2 aromatic carbocycles. The first-order valence-electron chi connectivity index (χ1n) is 6.58. The fourth-order valence-electron chi connectivity index (χ4n) is 2.08. The largest absolute Gasteiger partial charge is 0.489 e. The number of hydrogen-bond donors (Lipinski definition) is 1. The Hall–Kier alpha value is -2.00. The quantitative estimate of drug-likeness (QED) is 0.936. The second kappa shape index (κ2) is 5.97. The maximum atomic E-state index is 6.10. The number of amidine groups is 1. The molecule has 4 heteroatoms. The Morgan fingerprint density at radius 2 is 1.90 bits per heavy atom. The number of hydrogen-bond acceptors (Lipinski definition) is 3. The molecule has 0 unspecified atom stereocenters. The molecule has 0 fully saturated rings. The molecular weight excluding hydrogens is 272 g/mol. The Morgan fingerprint density at radius 3 is 2.60 bits per heavy atom. The Balaban J connectivity index is 1.65. The third-order valence-corrected chi connectivity index (χ3v) is 3.52. The van der Waals surface area contributed by atoms with Crippen LogP contribution in [0.1, 0.15) is 11.1 Å². The number of halogens is 1. The lowest BCUT2D eigenvalue weighted by Crippen LogP contribution is -2.19. The summed E-state index contributed by atoms with van der Waals surface area (Å²) >= 11 is 6.10. The number of aliphatic imine (C=N–C) groups is 1. The van der Waals surface area contributed by atoms with Gasteiger partial charge in [-0.3, -0.25) is 4.99 Å². The molecule has 0 amide bonds. The van der Waals surface area contributed by atoms with E-state index in [4.69, 9.17) is 16.3 Å².